The number of nitrogens with one attached hydrogen (secondary N) is 1. The zero-order valence-electron chi connectivity index (χ0n) is 11.5. The molecule has 1 unspecified atom stereocenters. The number of rotatable bonds is 3. The second-order valence-corrected chi connectivity index (χ2v) is 6.18. The number of ether oxygens (including phenoxy) is 1. The topological polar surface area (TPSA) is 47.0 Å². The third kappa shape index (κ3) is 2.94. The molecule has 5 heteroatoms. The first kappa shape index (κ1) is 13.8. The minimum absolute atomic E-state index is 0.412. The van der Waals surface area contributed by atoms with Crippen LogP contribution in [-0.4, -0.2) is 29.2 Å². The summed E-state index contributed by atoms with van der Waals surface area (Å²) in [4.78, 5) is 8.85. The predicted molar refractivity (Wildman–Crippen MR) is 83.9 cm³/mol. The zero-order valence-corrected chi connectivity index (χ0v) is 13.1. The van der Waals surface area contributed by atoms with Crippen molar-refractivity contribution >= 4 is 32.7 Å². The number of anilines is 1. The molecule has 0 saturated carbocycles. The van der Waals surface area contributed by atoms with Crippen LogP contribution in [0.5, 0.6) is 0 Å². The van der Waals surface area contributed by atoms with Gasteiger partial charge in [-0.1, -0.05) is 0 Å². The molecule has 4 nitrogen and oxygen atoms in total. The summed E-state index contributed by atoms with van der Waals surface area (Å²) in [6.45, 7) is 3.99. The maximum Gasteiger partial charge on any atom is 0.112 e. The van der Waals surface area contributed by atoms with Gasteiger partial charge in [0, 0.05) is 36.1 Å². The number of hydrogen-bond acceptors (Lipinski definition) is 4. The lowest BCUT2D eigenvalue weighted by atomic mass is 9.93. The summed E-state index contributed by atoms with van der Waals surface area (Å²) in [6.07, 6.45) is 5.89. The Morgan fingerprint density at radius 3 is 2.95 bits per heavy atom. The molecule has 1 N–H and O–H groups in total. The summed E-state index contributed by atoms with van der Waals surface area (Å²) in [7, 11) is 0. The van der Waals surface area contributed by atoms with Gasteiger partial charge >= 0.3 is 0 Å². The van der Waals surface area contributed by atoms with Crippen LogP contribution in [-0.2, 0) is 4.74 Å². The molecule has 2 aromatic heterocycles. The number of fused-ring (bicyclic) bond motifs is 1. The fraction of sp³-hybridized carbons (Fsp3) is 0.467. The summed E-state index contributed by atoms with van der Waals surface area (Å²) in [5.74, 6) is 0.655. The predicted octanol–water partition coefficient (Wildman–Crippen LogP) is 3.62. The summed E-state index contributed by atoms with van der Waals surface area (Å²) in [6, 6.07) is 4.40. The number of halogens is 1. The molecule has 3 rings (SSSR count). The molecule has 0 amide bonds. The van der Waals surface area contributed by atoms with Crippen LogP contribution in [0.4, 0.5) is 5.69 Å². The third-order valence-electron chi connectivity index (χ3n) is 3.90. The number of nitrogens with zero attached hydrogens (tertiary/aromatic N) is 2. The lowest BCUT2D eigenvalue weighted by Crippen LogP contribution is -2.31. The van der Waals surface area contributed by atoms with Gasteiger partial charge in [-0.15, -0.1) is 0 Å². The summed E-state index contributed by atoms with van der Waals surface area (Å²) < 4.78 is 6.38. The molecule has 0 aliphatic carbocycles. The van der Waals surface area contributed by atoms with E-state index in [1.54, 1.807) is 0 Å². The number of pyridine rings is 2. The standard InChI is InChI=1S/C15H18BrN3O/c1-10(11-3-6-20-7-4-11)19-13-2-5-17-14-8-12(16)9-18-15(13)14/h2,5,8-11H,3-4,6-7H2,1H3,(H,17,19). The molecule has 0 spiro atoms. The smallest absolute Gasteiger partial charge is 0.112 e. The van der Waals surface area contributed by atoms with E-state index in [-0.39, 0.29) is 0 Å². The SMILES string of the molecule is CC(Nc1ccnc2cc(Br)cnc12)C1CCOCC1. The Labute approximate surface area is 127 Å². The monoisotopic (exact) mass is 335 g/mol. The fourth-order valence-corrected chi connectivity index (χ4v) is 3.02. The normalized spacial score (nSPS) is 18.1. The molecule has 20 heavy (non-hydrogen) atoms. The van der Waals surface area contributed by atoms with Crippen molar-refractivity contribution in [2.75, 3.05) is 18.5 Å². The van der Waals surface area contributed by atoms with E-state index < -0.39 is 0 Å². The van der Waals surface area contributed by atoms with E-state index in [1.165, 1.54) is 0 Å². The van der Waals surface area contributed by atoms with Crippen LogP contribution in [0.15, 0.2) is 29.0 Å². The van der Waals surface area contributed by atoms with Crippen LogP contribution < -0.4 is 5.32 Å². The van der Waals surface area contributed by atoms with Gasteiger partial charge in [0.1, 0.15) is 5.52 Å². The second-order valence-electron chi connectivity index (χ2n) is 5.26. The molecule has 1 aliphatic heterocycles. The summed E-state index contributed by atoms with van der Waals surface area (Å²) in [5.41, 5.74) is 2.89. The quantitative estimate of drug-likeness (QED) is 0.930. The fourth-order valence-electron chi connectivity index (χ4n) is 2.70. The van der Waals surface area contributed by atoms with E-state index in [1.807, 2.05) is 24.5 Å². The largest absolute Gasteiger partial charge is 0.381 e. The maximum atomic E-state index is 5.43. The van der Waals surface area contributed by atoms with Gasteiger partial charge in [0.25, 0.3) is 0 Å². The van der Waals surface area contributed by atoms with Crippen LogP contribution in [0, 0.1) is 5.92 Å². The van der Waals surface area contributed by atoms with Crippen molar-refractivity contribution in [2.45, 2.75) is 25.8 Å². The molecule has 1 saturated heterocycles. The molecule has 106 valence electrons. The van der Waals surface area contributed by atoms with Gasteiger partial charge in [-0.25, -0.2) is 0 Å². The van der Waals surface area contributed by atoms with Crippen LogP contribution in [0.25, 0.3) is 11.0 Å². The minimum Gasteiger partial charge on any atom is -0.381 e. The first-order valence-corrected chi connectivity index (χ1v) is 7.78. The van der Waals surface area contributed by atoms with Gasteiger partial charge in [0.05, 0.1) is 11.2 Å². The van der Waals surface area contributed by atoms with Crippen LogP contribution in [0.3, 0.4) is 0 Å². The van der Waals surface area contributed by atoms with Crippen molar-refractivity contribution < 1.29 is 4.74 Å². The van der Waals surface area contributed by atoms with Crippen LogP contribution in [0.1, 0.15) is 19.8 Å². The average Bonchev–Trinajstić information content (AvgIpc) is 2.48. The van der Waals surface area contributed by atoms with E-state index in [0.717, 1.165) is 47.2 Å². The molecule has 3 heterocycles. The Morgan fingerprint density at radius 1 is 1.35 bits per heavy atom. The van der Waals surface area contributed by atoms with E-state index in [9.17, 15) is 0 Å². The Bertz CT molecular complexity index is 599. The van der Waals surface area contributed by atoms with Gasteiger partial charge in [0.2, 0.25) is 0 Å². The zero-order chi connectivity index (χ0) is 13.9. The molecule has 1 aliphatic rings. The molecule has 0 bridgehead atoms. The summed E-state index contributed by atoms with van der Waals surface area (Å²) in [5, 5.41) is 3.60. The van der Waals surface area contributed by atoms with E-state index in [2.05, 4.69) is 38.1 Å². The molecule has 2 aromatic rings. The first-order valence-electron chi connectivity index (χ1n) is 6.98. The van der Waals surface area contributed by atoms with Crippen molar-refractivity contribution in [3.8, 4) is 0 Å². The lowest BCUT2D eigenvalue weighted by molar-refractivity contribution is 0.0622. The Balaban J connectivity index is 1.83. The molecule has 1 fully saturated rings. The summed E-state index contributed by atoms with van der Waals surface area (Å²) >= 11 is 3.43. The third-order valence-corrected chi connectivity index (χ3v) is 4.33. The van der Waals surface area contributed by atoms with Crippen LogP contribution in [0.2, 0.25) is 0 Å². The van der Waals surface area contributed by atoms with Gasteiger partial charge in [0.15, 0.2) is 0 Å². The van der Waals surface area contributed by atoms with Gasteiger partial charge < -0.3 is 10.1 Å². The number of hydrogen-bond donors (Lipinski definition) is 1. The minimum atomic E-state index is 0.412. The number of aromatic nitrogens is 2. The highest BCUT2D eigenvalue weighted by atomic mass is 79.9. The molecular weight excluding hydrogens is 318 g/mol. The lowest BCUT2D eigenvalue weighted by Gasteiger charge is -2.29. The Hall–Kier alpha value is -1.20. The molecule has 0 radical (unpaired) electrons. The van der Waals surface area contributed by atoms with E-state index >= 15 is 0 Å². The van der Waals surface area contributed by atoms with Gasteiger partial charge in [-0.2, -0.15) is 0 Å². The van der Waals surface area contributed by atoms with Crippen molar-refractivity contribution in [3.05, 3.63) is 29.0 Å². The van der Waals surface area contributed by atoms with Crippen molar-refractivity contribution in [1.82, 2.24) is 9.97 Å². The molecule has 0 aromatic carbocycles. The van der Waals surface area contributed by atoms with Gasteiger partial charge in [-0.3, -0.25) is 9.97 Å². The van der Waals surface area contributed by atoms with E-state index in [0.29, 0.717) is 12.0 Å². The van der Waals surface area contributed by atoms with Crippen LogP contribution >= 0.6 is 15.9 Å². The average molecular weight is 336 g/mol. The molecular formula is C15H18BrN3O. The molecule has 1 atom stereocenters. The first-order chi connectivity index (χ1) is 9.74. The van der Waals surface area contributed by atoms with Gasteiger partial charge in [-0.05, 0) is 53.7 Å². The second kappa shape index (κ2) is 6.06. The highest BCUT2D eigenvalue weighted by molar-refractivity contribution is 9.10. The maximum absolute atomic E-state index is 5.43. The van der Waals surface area contributed by atoms with Crippen molar-refractivity contribution in [1.29, 1.82) is 0 Å². The highest BCUT2D eigenvalue weighted by Gasteiger charge is 2.21. The van der Waals surface area contributed by atoms with Crippen molar-refractivity contribution in [2.24, 2.45) is 5.92 Å². The Kier molecular flexibility index (Phi) is 4.17. The Morgan fingerprint density at radius 2 is 2.15 bits per heavy atom. The van der Waals surface area contributed by atoms with Crippen molar-refractivity contribution in [3.63, 3.8) is 0 Å². The highest BCUT2D eigenvalue weighted by Crippen LogP contribution is 2.26. The van der Waals surface area contributed by atoms with E-state index in [4.69, 9.17) is 4.74 Å².